The highest BCUT2D eigenvalue weighted by molar-refractivity contribution is 9.10. The fourth-order valence-corrected chi connectivity index (χ4v) is 3.51. The summed E-state index contributed by atoms with van der Waals surface area (Å²) in [6, 6.07) is 2.58. The molecular weight excluding hydrogens is 312 g/mol. The van der Waals surface area contributed by atoms with Crippen molar-refractivity contribution < 1.29 is 8.78 Å². The average Bonchev–Trinajstić information content (AvgIpc) is 2.38. The molecule has 1 nitrogen and oxygen atoms in total. The Kier molecular flexibility index (Phi) is 4.96. The lowest BCUT2D eigenvalue weighted by Gasteiger charge is -2.34. The Balaban J connectivity index is 2.31. The van der Waals surface area contributed by atoms with E-state index < -0.39 is 11.6 Å². The molecule has 2 rings (SSSR count). The molecule has 3 atom stereocenters. The van der Waals surface area contributed by atoms with Crippen molar-refractivity contribution in [2.75, 3.05) is 0 Å². The summed E-state index contributed by atoms with van der Waals surface area (Å²) in [5.41, 5.74) is 6.28. The molecule has 0 amide bonds. The maximum absolute atomic E-state index is 14.2. The summed E-state index contributed by atoms with van der Waals surface area (Å²) in [5, 5.41) is 0. The van der Waals surface area contributed by atoms with Gasteiger partial charge in [0.15, 0.2) is 0 Å². The lowest BCUT2D eigenvalue weighted by atomic mass is 9.73. The summed E-state index contributed by atoms with van der Waals surface area (Å²) in [6.45, 7) is 2.14. The molecule has 106 valence electrons. The van der Waals surface area contributed by atoms with Crippen molar-refractivity contribution in [2.24, 2.45) is 11.7 Å². The van der Waals surface area contributed by atoms with Crippen LogP contribution in [0, 0.1) is 17.6 Å². The molecule has 1 aromatic carbocycles. The second kappa shape index (κ2) is 6.31. The minimum absolute atomic E-state index is 0.147. The second-order valence-corrected chi connectivity index (χ2v) is 6.35. The Hall–Kier alpha value is -0.480. The zero-order chi connectivity index (χ0) is 14.0. The van der Waals surface area contributed by atoms with Gasteiger partial charge in [0.25, 0.3) is 0 Å². The van der Waals surface area contributed by atoms with Crippen LogP contribution in [0.4, 0.5) is 8.78 Å². The first-order valence-electron chi connectivity index (χ1n) is 6.93. The molecule has 0 aliphatic heterocycles. The molecule has 0 saturated heterocycles. The van der Waals surface area contributed by atoms with Gasteiger partial charge < -0.3 is 5.73 Å². The summed E-state index contributed by atoms with van der Waals surface area (Å²) in [5.74, 6) is -0.633. The van der Waals surface area contributed by atoms with E-state index in [0.29, 0.717) is 10.4 Å². The first-order valence-corrected chi connectivity index (χ1v) is 7.72. The van der Waals surface area contributed by atoms with Crippen LogP contribution in [0.5, 0.6) is 0 Å². The number of nitrogens with two attached hydrogens (primary N) is 1. The first-order chi connectivity index (χ1) is 9.04. The van der Waals surface area contributed by atoms with Crippen molar-refractivity contribution in [1.29, 1.82) is 0 Å². The predicted octanol–water partition coefficient (Wildman–Crippen LogP) is 4.74. The Morgan fingerprint density at radius 2 is 2.05 bits per heavy atom. The van der Waals surface area contributed by atoms with Crippen LogP contribution in [-0.2, 0) is 0 Å². The molecule has 0 radical (unpaired) electrons. The molecule has 19 heavy (non-hydrogen) atoms. The highest BCUT2D eigenvalue weighted by Gasteiger charge is 2.33. The number of hydrogen-bond acceptors (Lipinski definition) is 1. The van der Waals surface area contributed by atoms with Gasteiger partial charge in [0.2, 0.25) is 0 Å². The zero-order valence-corrected chi connectivity index (χ0v) is 12.7. The van der Waals surface area contributed by atoms with Gasteiger partial charge in [-0.05, 0) is 53.2 Å². The number of benzene rings is 1. The monoisotopic (exact) mass is 331 g/mol. The van der Waals surface area contributed by atoms with E-state index in [1.807, 2.05) is 0 Å². The van der Waals surface area contributed by atoms with Crippen LogP contribution in [0.15, 0.2) is 16.6 Å². The fraction of sp³-hybridized carbons (Fsp3) is 0.600. The van der Waals surface area contributed by atoms with Gasteiger partial charge >= 0.3 is 0 Å². The van der Waals surface area contributed by atoms with E-state index in [2.05, 4.69) is 22.9 Å². The Bertz CT molecular complexity index is 450. The molecule has 0 spiro atoms. The normalized spacial score (nSPS) is 27.5. The van der Waals surface area contributed by atoms with Crippen LogP contribution in [-0.4, -0.2) is 6.04 Å². The van der Waals surface area contributed by atoms with Crippen molar-refractivity contribution in [2.45, 2.75) is 51.0 Å². The third kappa shape index (κ3) is 3.16. The molecule has 0 heterocycles. The summed E-state index contributed by atoms with van der Waals surface area (Å²) in [6.07, 6.45) is 4.93. The smallest absolute Gasteiger partial charge is 0.143 e. The van der Waals surface area contributed by atoms with Crippen LogP contribution >= 0.6 is 15.9 Å². The van der Waals surface area contributed by atoms with E-state index in [1.165, 1.54) is 12.1 Å². The molecule has 1 aliphatic rings. The number of hydrogen-bond donors (Lipinski definition) is 1. The Labute approximate surface area is 121 Å². The van der Waals surface area contributed by atoms with Crippen molar-refractivity contribution in [1.82, 2.24) is 0 Å². The molecule has 1 aromatic rings. The van der Waals surface area contributed by atoms with E-state index in [0.717, 1.165) is 32.1 Å². The van der Waals surface area contributed by atoms with Gasteiger partial charge in [-0.2, -0.15) is 0 Å². The van der Waals surface area contributed by atoms with Crippen LogP contribution in [0.1, 0.15) is 50.5 Å². The van der Waals surface area contributed by atoms with Crippen LogP contribution in [0.25, 0.3) is 0 Å². The summed E-state index contributed by atoms with van der Waals surface area (Å²) in [7, 11) is 0. The average molecular weight is 332 g/mol. The summed E-state index contributed by atoms with van der Waals surface area (Å²) in [4.78, 5) is 0. The van der Waals surface area contributed by atoms with E-state index in [-0.39, 0.29) is 17.5 Å². The van der Waals surface area contributed by atoms with Gasteiger partial charge in [0.05, 0.1) is 4.47 Å². The van der Waals surface area contributed by atoms with Gasteiger partial charge in [0, 0.05) is 17.5 Å². The van der Waals surface area contributed by atoms with Crippen molar-refractivity contribution in [3.63, 3.8) is 0 Å². The van der Waals surface area contributed by atoms with Crippen molar-refractivity contribution in [3.8, 4) is 0 Å². The molecule has 2 N–H and O–H groups in total. The minimum Gasteiger partial charge on any atom is -0.327 e. The molecule has 0 bridgehead atoms. The third-order valence-corrected chi connectivity index (χ3v) is 4.77. The van der Waals surface area contributed by atoms with Crippen LogP contribution < -0.4 is 5.73 Å². The van der Waals surface area contributed by atoms with Gasteiger partial charge in [-0.3, -0.25) is 0 Å². The maximum atomic E-state index is 14.2. The highest BCUT2D eigenvalue weighted by Crippen LogP contribution is 2.40. The summed E-state index contributed by atoms with van der Waals surface area (Å²) < 4.78 is 28.5. The lowest BCUT2D eigenvalue weighted by molar-refractivity contribution is 0.266. The zero-order valence-electron chi connectivity index (χ0n) is 11.1. The van der Waals surface area contributed by atoms with Gasteiger partial charge in [-0.25, -0.2) is 8.78 Å². The van der Waals surface area contributed by atoms with Crippen LogP contribution in [0.2, 0.25) is 0 Å². The largest absolute Gasteiger partial charge is 0.327 e. The predicted molar refractivity (Wildman–Crippen MR) is 77.0 cm³/mol. The first kappa shape index (κ1) is 14.9. The molecule has 1 aliphatic carbocycles. The number of rotatable bonds is 3. The standard InChI is InChI=1S/C15H20BrF2N/c1-2-3-9-4-7-13(19)10(8-9)14-12(17)6-5-11(16)15(14)18/h5-6,9-10,13H,2-4,7-8,19H2,1H3. The van der Waals surface area contributed by atoms with E-state index in [9.17, 15) is 8.78 Å². The topological polar surface area (TPSA) is 26.0 Å². The van der Waals surface area contributed by atoms with Gasteiger partial charge in [0.1, 0.15) is 11.6 Å². The molecular formula is C15H20BrF2N. The number of halogens is 3. The molecule has 3 unspecified atom stereocenters. The van der Waals surface area contributed by atoms with E-state index in [1.54, 1.807) is 0 Å². The Morgan fingerprint density at radius 1 is 1.32 bits per heavy atom. The van der Waals surface area contributed by atoms with Crippen LogP contribution in [0.3, 0.4) is 0 Å². The molecule has 4 heteroatoms. The molecule has 1 saturated carbocycles. The SMILES string of the molecule is CCCC1CCC(N)C(c2c(F)ccc(Br)c2F)C1. The van der Waals surface area contributed by atoms with Crippen molar-refractivity contribution in [3.05, 3.63) is 33.8 Å². The molecule has 0 aromatic heterocycles. The third-order valence-electron chi connectivity index (χ3n) is 4.16. The minimum atomic E-state index is -0.488. The fourth-order valence-electron chi connectivity index (χ4n) is 3.17. The Morgan fingerprint density at radius 3 is 2.74 bits per heavy atom. The second-order valence-electron chi connectivity index (χ2n) is 5.49. The van der Waals surface area contributed by atoms with E-state index >= 15 is 0 Å². The summed E-state index contributed by atoms with van der Waals surface area (Å²) >= 11 is 3.13. The maximum Gasteiger partial charge on any atom is 0.143 e. The van der Waals surface area contributed by atoms with Crippen molar-refractivity contribution >= 4 is 15.9 Å². The van der Waals surface area contributed by atoms with Gasteiger partial charge in [-0.15, -0.1) is 0 Å². The van der Waals surface area contributed by atoms with E-state index in [4.69, 9.17) is 5.73 Å². The highest BCUT2D eigenvalue weighted by atomic mass is 79.9. The lowest BCUT2D eigenvalue weighted by Crippen LogP contribution is -2.35. The van der Waals surface area contributed by atoms with Gasteiger partial charge in [-0.1, -0.05) is 19.8 Å². The molecule has 1 fully saturated rings. The quantitative estimate of drug-likeness (QED) is 0.795.